The van der Waals surface area contributed by atoms with Crippen molar-refractivity contribution in [1.29, 1.82) is 0 Å². The predicted molar refractivity (Wildman–Crippen MR) is 74.3 cm³/mol. The molecule has 2 atom stereocenters. The van der Waals surface area contributed by atoms with Gasteiger partial charge in [0.2, 0.25) is 0 Å². The summed E-state index contributed by atoms with van der Waals surface area (Å²) in [6.45, 7) is 0.816. The van der Waals surface area contributed by atoms with E-state index in [-0.39, 0.29) is 6.04 Å². The molecule has 118 valence electrons. The van der Waals surface area contributed by atoms with Gasteiger partial charge in [-0.25, -0.2) is 0 Å². The number of ether oxygens (including phenoxy) is 1. The highest BCUT2D eigenvalue weighted by molar-refractivity contribution is 5.27. The summed E-state index contributed by atoms with van der Waals surface area (Å²) < 4.78 is 43.7. The van der Waals surface area contributed by atoms with Gasteiger partial charge in [0.1, 0.15) is 0 Å². The molecule has 0 aliphatic carbocycles. The van der Waals surface area contributed by atoms with Crippen LogP contribution in [0.25, 0.3) is 0 Å². The van der Waals surface area contributed by atoms with E-state index >= 15 is 0 Å². The van der Waals surface area contributed by atoms with E-state index in [1.54, 1.807) is 6.07 Å². The van der Waals surface area contributed by atoms with E-state index < -0.39 is 11.7 Å². The Labute approximate surface area is 122 Å². The first-order valence-corrected chi connectivity index (χ1v) is 7.25. The van der Waals surface area contributed by atoms with Crippen molar-refractivity contribution < 1.29 is 17.9 Å². The minimum Gasteiger partial charge on any atom is -0.378 e. The predicted octanol–water partition coefficient (Wildman–Crippen LogP) is 3.56. The molecule has 0 radical (unpaired) electrons. The molecule has 6 heteroatoms. The Morgan fingerprint density at radius 1 is 1.38 bits per heavy atom. The number of hydrogen-bond donors (Lipinski definition) is 2. The smallest absolute Gasteiger partial charge is 0.378 e. The molecular formula is C15H21F3N2O. The number of nitrogens with one attached hydrogen (secondary N) is 1. The molecule has 2 rings (SSSR count). The van der Waals surface area contributed by atoms with Crippen LogP contribution in [0.5, 0.6) is 0 Å². The summed E-state index contributed by atoms with van der Waals surface area (Å²) in [4.78, 5) is 0. The van der Waals surface area contributed by atoms with Crippen molar-refractivity contribution in [1.82, 2.24) is 5.43 Å². The minimum absolute atomic E-state index is 0.270. The van der Waals surface area contributed by atoms with Gasteiger partial charge >= 0.3 is 6.18 Å². The number of alkyl halides is 3. The molecule has 1 heterocycles. The second-order valence-electron chi connectivity index (χ2n) is 5.41. The van der Waals surface area contributed by atoms with Crippen LogP contribution in [0, 0.1) is 0 Å². The molecule has 21 heavy (non-hydrogen) atoms. The molecule has 1 aromatic carbocycles. The second-order valence-corrected chi connectivity index (χ2v) is 5.41. The summed E-state index contributed by atoms with van der Waals surface area (Å²) >= 11 is 0. The van der Waals surface area contributed by atoms with Crippen LogP contribution in [-0.2, 0) is 10.9 Å². The van der Waals surface area contributed by atoms with E-state index in [1.807, 2.05) is 0 Å². The van der Waals surface area contributed by atoms with Crippen molar-refractivity contribution >= 4 is 0 Å². The van der Waals surface area contributed by atoms with Crippen LogP contribution in [0.3, 0.4) is 0 Å². The first-order chi connectivity index (χ1) is 10.0. The first-order valence-electron chi connectivity index (χ1n) is 7.25. The van der Waals surface area contributed by atoms with Gasteiger partial charge in [0.15, 0.2) is 0 Å². The van der Waals surface area contributed by atoms with Gasteiger partial charge in [-0.15, -0.1) is 0 Å². The number of nitrogens with two attached hydrogens (primary N) is 1. The van der Waals surface area contributed by atoms with Crippen LogP contribution in [0.2, 0.25) is 0 Å². The van der Waals surface area contributed by atoms with Crippen LogP contribution in [0.1, 0.15) is 49.3 Å². The highest BCUT2D eigenvalue weighted by Crippen LogP contribution is 2.31. The van der Waals surface area contributed by atoms with Crippen molar-refractivity contribution in [2.24, 2.45) is 5.84 Å². The third-order valence-corrected chi connectivity index (χ3v) is 3.86. The van der Waals surface area contributed by atoms with Gasteiger partial charge < -0.3 is 4.74 Å². The maximum absolute atomic E-state index is 12.7. The third kappa shape index (κ3) is 4.69. The van der Waals surface area contributed by atoms with Crippen LogP contribution in [-0.4, -0.2) is 12.7 Å². The zero-order chi connectivity index (χ0) is 15.3. The fourth-order valence-corrected chi connectivity index (χ4v) is 2.70. The van der Waals surface area contributed by atoms with Gasteiger partial charge in [-0.05, 0) is 49.8 Å². The summed E-state index contributed by atoms with van der Waals surface area (Å²) in [5.74, 6) is 5.50. The van der Waals surface area contributed by atoms with E-state index in [1.165, 1.54) is 6.07 Å². The standard InChI is InChI=1S/C15H21F3N2O/c16-15(17,18)12-5-1-4-11(10-12)14(20-19)8-2-6-13-7-3-9-21-13/h1,4-5,10,13-14,20H,2-3,6-9,19H2. The monoisotopic (exact) mass is 302 g/mol. The maximum Gasteiger partial charge on any atom is 0.416 e. The molecule has 3 nitrogen and oxygen atoms in total. The topological polar surface area (TPSA) is 47.3 Å². The first kappa shape index (κ1) is 16.3. The van der Waals surface area contributed by atoms with Crippen molar-refractivity contribution in [3.8, 4) is 0 Å². The molecule has 3 N–H and O–H groups in total. The molecule has 1 aliphatic rings. The highest BCUT2D eigenvalue weighted by Gasteiger charge is 2.30. The Morgan fingerprint density at radius 2 is 2.19 bits per heavy atom. The summed E-state index contributed by atoms with van der Waals surface area (Å²) in [5.41, 5.74) is 2.54. The number of hydrogen-bond acceptors (Lipinski definition) is 3. The molecule has 0 bridgehead atoms. The molecule has 0 amide bonds. The van der Waals surface area contributed by atoms with E-state index in [4.69, 9.17) is 10.6 Å². The van der Waals surface area contributed by atoms with E-state index in [9.17, 15) is 13.2 Å². The molecule has 1 saturated heterocycles. The second kappa shape index (κ2) is 7.24. The zero-order valence-electron chi connectivity index (χ0n) is 11.8. The SMILES string of the molecule is NNC(CCCC1CCCO1)c1cccc(C(F)(F)F)c1. The molecule has 0 aromatic heterocycles. The van der Waals surface area contributed by atoms with Crippen LogP contribution in [0.15, 0.2) is 24.3 Å². The Hall–Kier alpha value is -1.11. The Morgan fingerprint density at radius 3 is 2.81 bits per heavy atom. The van der Waals surface area contributed by atoms with Crippen molar-refractivity contribution in [2.45, 2.75) is 50.4 Å². The van der Waals surface area contributed by atoms with Crippen LogP contribution >= 0.6 is 0 Å². The lowest BCUT2D eigenvalue weighted by atomic mass is 9.98. The highest BCUT2D eigenvalue weighted by atomic mass is 19.4. The molecule has 0 spiro atoms. The Bertz CT molecular complexity index is 445. The van der Waals surface area contributed by atoms with Crippen molar-refractivity contribution in [2.75, 3.05) is 6.61 Å². The minimum atomic E-state index is -4.33. The normalized spacial score (nSPS) is 20.7. The van der Waals surface area contributed by atoms with E-state index in [0.717, 1.165) is 44.4 Å². The molecule has 0 saturated carbocycles. The van der Waals surface area contributed by atoms with Gasteiger partial charge in [0.05, 0.1) is 11.7 Å². The molecule has 1 fully saturated rings. The Balaban J connectivity index is 1.93. The largest absolute Gasteiger partial charge is 0.416 e. The average Bonchev–Trinajstić information content (AvgIpc) is 2.96. The molecule has 1 aliphatic heterocycles. The van der Waals surface area contributed by atoms with Gasteiger partial charge in [-0.1, -0.05) is 12.1 Å². The number of halogens is 3. The molecule has 2 unspecified atom stereocenters. The molecular weight excluding hydrogens is 281 g/mol. The summed E-state index contributed by atoms with van der Waals surface area (Å²) in [7, 11) is 0. The lowest BCUT2D eigenvalue weighted by molar-refractivity contribution is -0.137. The molecule has 1 aromatic rings. The Kier molecular flexibility index (Phi) is 5.61. The quantitative estimate of drug-likeness (QED) is 0.624. The number of benzene rings is 1. The maximum atomic E-state index is 12.7. The van der Waals surface area contributed by atoms with Gasteiger partial charge in [0.25, 0.3) is 0 Å². The van der Waals surface area contributed by atoms with Crippen molar-refractivity contribution in [3.05, 3.63) is 35.4 Å². The lowest BCUT2D eigenvalue weighted by Gasteiger charge is -2.18. The van der Waals surface area contributed by atoms with Gasteiger partial charge in [-0.2, -0.15) is 13.2 Å². The van der Waals surface area contributed by atoms with Crippen LogP contribution < -0.4 is 11.3 Å². The van der Waals surface area contributed by atoms with Gasteiger partial charge in [0, 0.05) is 12.6 Å². The zero-order valence-corrected chi connectivity index (χ0v) is 11.8. The third-order valence-electron chi connectivity index (χ3n) is 3.86. The number of hydrazine groups is 1. The number of rotatable bonds is 6. The average molecular weight is 302 g/mol. The van der Waals surface area contributed by atoms with Crippen LogP contribution in [0.4, 0.5) is 13.2 Å². The summed E-state index contributed by atoms with van der Waals surface area (Å²) in [5, 5.41) is 0. The summed E-state index contributed by atoms with van der Waals surface area (Å²) in [6, 6.07) is 5.06. The fraction of sp³-hybridized carbons (Fsp3) is 0.600. The van der Waals surface area contributed by atoms with Crippen molar-refractivity contribution in [3.63, 3.8) is 0 Å². The lowest BCUT2D eigenvalue weighted by Crippen LogP contribution is -2.28. The fourth-order valence-electron chi connectivity index (χ4n) is 2.70. The van der Waals surface area contributed by atoms with E-state index in [2.05, 4.69) is 5.43 Å². The van der Waals surface area contributed by atoms with E-state index in [0.29, 0.717) is 18.1 Å². The summed E-state index contributed by atoms with van der Waals surface area (Å²) in [6.07, 6.45) is 0.628. The van der Waals surface area contributed by atoms with Gasteiger partial charge in [-0.3, -0.25) is 11.3 Å².